The first-order chi connectivity index (χ1) is 8.36. The van der Waals surface area contributed by atoms with Crippen molar-refractivity contribution in [3.63, 3.8) is 0 Å². The summed E-state index contributed by atoms with van der Waals surface area (Å²) in [5, 5.41) is 0.0816. The minimum absolute atomic E-state index is 0.0816. The molecule has 0 saturated heterocycles. The first-order valence-electron chi connectivity index (χ1n) is 4.91. The standard InChI is InChI=1S/C10H10FN3O3S/c1-13-18(16,17)9-6-4-5(11)2-3-7(6)14-8(9)10(12)15/h2-4,13-14H,1H3,(H2,12,15). The quantitative estimate of drug-likeness (QED) is 0.748. The van der Waals surface area contributed by atoms with E-state index in [1.54, 1.807) is 0 Å². The fourth-order valence-electron chi connectivity index (χ4n) is 1.69. The summed E-state index contributed by atoms with van der Waals surface area (Å²) in [6, 6.07) is 3.52. The number of halogens is 1. The third kappa shape index (κ3) is 1.85. The number of fused-ring (bicyclic) bond motifs is 1. The van der Waals surface area contributed by atoms with Crippen LogP contribution in [0.1, 0.15) is 10.5 Å². The Balaban J connectivity index is 2.94. The normalized spacial score (nSPS) is 11.9. The molecule has 0 unspecified atom stereocenters. The fraction of sp³-hybridized carbons (Fsp3) is 0.100. The van der Waals surface area contributed by atoms with Gasteiger partial charge in [0.2, 0.25) is 10.0 Å². The second-order valence-corrected chi connectivity index (χ2v) is 5.41. The van der Waals surface area contributed by atoms with Crippen LogP contribution in [-0.2, 0) is 10.0 Å². The number of hydrogen-bond donors (Lipinski definition) is 3. The number of aromatic amines is 1. The third-order valence-corrected chi connectivity index (χ3v) is 4.00. The highest BCUT2D eigenvalue weighted by Gasteiger charge is 2.25. The predicted molar refractivity (Wildman–Crippen MR) is 63.0 cm³/mol. The SMILES string of the molecule is CNS(=O)(=O)c1c(C(N)=O)[nH]c2ccc(F)cc12. The number of benzene rings is 1. The van der Waals surface area contributed by atoms with Crippen LogP contribution in [0.4, 0.5) is 4.39 Å². The molecule has 96 valence electrons. The van der Waals surface area contributed by atoms with Crippen molar-refractivity contribution in [2.24, 2.45) is 5.73 Å². The van der Waals surface area contributed by atoms with E-state index in [1.807, 2.05) is 0 Å². The van der Waals surface area contributed by atoms with Gasteiger partial charge in [0.15, 0.2) is 0 Å². The summed E-state index contributed by atoms with van der Waals surface area (Å²) in [5.74, 6) is -1.54. The molecule has 0 saturated carbocycles. The van der Waals surface area contributed by atoms with E-state index in [4.69, 9.17) is 5.73 Å². The van der Waals surface area contributed by atoms with Gasteiger partial charge < -0.3 is 10.7 Å². The van der Waals surface area contributed by atoms with Gasteiger partial charge in [-0.1, -0.05) is 0 Å². The second kappa shape index (κ2) is 4.07. The maximum absolute atomic E-state index is 13.2. The molecule has 0 aliphatic heterocycles. The van der Waals surface area contributed by atoms with Crippen LogP contribution < -0.4 is 10.5 Å². The highest BCUT2D eigenvalue weighted by Crippen LogP contribution is 2.27. The smallest absolute Gasteiger partial charge is 0.266 e. The maximum atomic E-state index is 13.2. The van der Waals surface area contributed by atoms with Crippen LogP contribution in [0.2, 0.25) is 0 Å². The minimum Gasteiger partial charge on any atom is -0.364 e. The lowest BCUT2D eigenvalue weighted by atomic mass is 10.2. The molecule has 1 amide bonds. The number of aromatic nitrogens is 1. The van der Waals surface area contributed by atoms with Crippen molar-refractivity contribution < 1.29 is 17.6 Å². The van der Waals surface area contributed by atoms with Crippen LogP contribution in [0, 0.1) is 5.82 Å². The molecule has 1 heterocycles. The Morgan fingerprint density at radius 2 is 2.11 bits per heavy atom. The number of H-pyrrole nitrogens is 1. The molecule has 1 aromatic heterocycles. The van der Waals surface area contributed by atoms with E-state index < -0.39 is 21.7 Å². The molecule has 2 aromatic rings. The number of carbonyl (C=O) groups is 1. The van der Waals surface area contributed by atoms with Gasteiger partial charge in [-0.3, -0.25) is 4.79 Å². The molecular weight excluding hydrogens is 261 g/mol. The van der Waals surface area contributed by atoms with E-state index in [2.05, 4.69) is 9.71 Å². The molecule has 2 rings (SSSR count). The molecule has 0 fully saturated rings. The number of sulfonamides is 1. The summed E-state index contributed by atoms with van der Waals surface area (Å²) in [4.78, 5) is 13.5. The van der Waals surface area contributed by atoms with Crippen LogP contribution in [0.5, 0.6) is 0 Å². The average Bonchev–Trinajstić information content (AvgIpc) is 2.68. The largest absolute Gasteiger partial charge is 0.364 e. The zero-order valence-corrected chi connectivity index (χ0v) is 10.1. The molecule has 1 aromatic carbocycles. The van der Waals surface area contributed by atoms with E-state index in [0.29, 0.717) is 5.52 Å². The molecule has 0 radical (unpaired) electrons. The molecule has 0 aliphatic carbocycles. The number of amides is 1. The molecular formula is C10H10FN3O3S. The zero-order chi connectivity index (χ0) is 13.5. The number of nitrogens with two attached hydrogens (primary N) is 1. The topological polar surface area (TPSA) is 105 Å². The minimum atomic E-state index is -3.92. The van der Waals surface area contributed by atoms with Gasteiger partial charge in [0, 0.05) is 10.9 Å². The second-order valence-electron chi connectivity index (χ2n) is 3.59. The Bertz CT molecular complexity index is 736. The highest BCUT2D eigenvalue weighted by molar-refractivity contribution is 7.89. The Labute approximate surface area is 102 Å². The van der Waals surface area contributed by atoms with Crippen molar-refractivity contribution in [3.05, 3.63) is 29.7 Å². The van der Waals surface area contributed by atoms with Crippen molar-refractivity contribution in [3.8, 4) is 0 Å². The number of rotatable bonds is 3. The molecule has 0 bridgehead atoms. The van der Waals surface area contributed by atoms with E-state index in [9.17, 15) is 17.6 Å². The summed E-state index contributed by atoms with van der Waals surface area (Å²) in [7, 11) is -2.73. The Morgan fingerprint density at radius 1 is 1.44 bits per heavy atom. The van der Waals surface area contributed by atoms with Crippen LogP contribution in [0.15, 0.2) is 23.1 Å². The van der Waals surface area contributed by atoms with E-state index >= 15 is 0 Å². The van der Waals surface area contributed by atoms with Gasteiger partial charge >= 0.3 is 0 Å². The van der Waals surface area contributed by atoms with Crippen LogP contribution in [0.3, 0.4) is 0 Å². The van der Waals surface area contributed by atoms with E-state index in [-0.39, 0.29) is 16.0 Å². The molecule has 0 spiro atoms. The van der Waals surface area contributed by atoms with Crippen LogP contribution in [0.25, 0.3) is 10.9 Å². The molecule has 6 nitrogen and oxygen atoms in total. The van der Waals surface area contributed by atoms with E-state index in [1.165, 1.54) is 13.1 Å². The lowest BCUT2D eigenvalue weighted by Crippen LogP contribution is -2.23. The summed E-state index contributed by atoms with van der Waals surface area (Å²) in [6.07, 6.45) is 0. The summed E-state index contributed by atoms with van der Waals surface area (Å²) >= 11 is 0. The van der Waals surface area contributed by atoms with Crippen molar-refractivity contribution >= 4 is 26.8 Å². The number of hydrogen-bond acceptors (Lipinski definition) is 3. The molecule has 0 aliphatic rings. The van der Waals surface area contributed by atoms with Gasteiger partial charge in [-0.2, -0.15) is 0 Å². The van der Waals surface area contributed by atoms with Crippen molar-refractivity contribution in [2.75, 3.05) is 7.05 Å². The van der Waals surface area contributed by atoms with Crippen molar-refractivity contribution in [1.29, 1.82) is 0 Å². The molecule has 4 N–H and O–H groups in total. The lowest BCUT2D eigenvalue weighted by Gasteiger charge is -2.02. The predicted octanol–water partition coefficient (Wildman–Crippen LogP) is 0.314. The van der Waals surface area contributed by atoms with Gasteiger partial charge in [-0.15, -0.1) is 0 Å². The lowest BCUT2D eigenvalue weighted by molar-refractivity contribution is 0.0993. The van der Waals surface area contributed by atoms with Gasteiger partial charge in [0.05, 0.1) is 0 Å². The fourth-order valence-corrected chi connectivity index (χ4v) is 2.78. The Hall–Kier alpha value is -1.93. The zero-order valence-electron chi connectivity index (χ0n) is 9.32. The number of nitrogens with one attached hydrogen (secondary N) is 2. The van der Waals surface area contributed by atoms with Crippen molar-refractivity contribution in [1.82, 2.24) is 9.71 Å². The Morgan fingerprint density at radius 3 is 2.67 bits per heavy atom. The first-order valence-corrected chi connectivity index (χ1v) is 6.39. The van der Waals surface area contributed by atoms with E-state index in [0.717, 1.165) is 12.1 Å². The van der Waals surface area contributed by atoms with Gasteiger partial charge in [-0.25, -0.2) is 17.5 Å². The monoisotopic (exact) mass is 271 g/mol. The third-order valence-electron chi connectivity index (χ3n) is 2.50. The van der Waals surface area contributed by atoms with Gasteiger partial charge in [0.25, 0.3) is 5.91 Å². The summed E-state index contributed by atoms with van der Waals surface area (Å²) in [6.45, 7) is 0. The van der Waals surface area contributed by atoms with Gasteiger partial charge in [0.1, 0.15) is 16.4 Å². The van der Waals surface area contributed by atoms with Crippen LogP contribution in [-0.4, -0.2) is 26.4 Å². The first kappa shape index (κ1) is 12.5. The van der Waals surface area contributed by atoms with Crippen molar-refractivity contribution in [2.45, 2.75) is 4.90 Å². The molecule has 18 heavy (non-hydrogen) atoms. The maximum Gasteiger partial charge on any atom is 0.266 e. The molecule has 0 atom stereocenters. The molecule has 8 heteroatoms. The van der Waals surface area contributed by atoms with Gasteiger partial charge in [-0.05, 0) is 25.2 Å². The Kier molecular flexibility index (Phi) is 2.83. The average molecular weight is 271 g/mol. The summed E-state index contributed by atoms with van der Waals surface area (Å²) in [5.41, 5.74) is 5.16. The number of primary amides is 1. The highest BCUT2D eigenvalue weighted by atomic mass is 32.2. The van der Waals surface area contributed by atoms with Crippen LogP contribution >= 0.6 is 0 Å². The number of carbonyl (C=O) groups excluding carboxylic acids is 1. The summed E-state index contributed by atoms with van der Waals surface area (Å²) < 4.78 is 38.9.